The van der Waals surface area contributed by atoms with Crippen LogP contribution in [0.25, 0.3) is 108 Å². The second-order valence-corrected chi connectivity index (χ2v) is 15.2. The second kappa shape index (κ2) is 10.9. The molecule has 53 heavy (non-hydrogen) atoms. The Hall–Kier alpha value is -6.68. The molecule has 0 aliphatic rings. The first kappa shape index (κ1) is 29.0. The molecule has 12 rings (SSSR count). The maximum Gasteiger partial charge on any atom is 0.0640 e. The van der Waals surface area contributed by atoms with E-state index in [1.54, 1.807) is 0 Å². The van der Waals surface area contributed by atoms with E-state index < -0.39 is 0 Å². The first-order chi connectivity index (χ1) is 26.3. The topological polar surface area (TPSA) is 9.86 Å². The van der Waals surface area contributed by atoms with Crippen molar-refractivity contribution in [2.24, 2.45) is 0 Å². The summed E-state index contributed by atoms with van der Waals surface area (Å²) >= 11 is 1.88. The predicted octanol–water partition coefficient (Wildman–Crippen LogP) is 14.2. The Morgan fingerprint density at radius 2 is 0.962 bits per heavy atom. The molecule has 0 amide bonds. The van der Waals surface area contributed by atoms with Crippen LogP contribution in [-0.2, 0) is 0 Å². The highest BCUT2D eigenvalue weighted by molar-refractivity contribution is 7.26. The zero-order valence-electron chi connectivity index (χ0n) is 28.6. The molecular weight excluding hydrogens is 661 g/mol. The molecular formula is C50H30N2S. The summed E-state index contributed by atoms with van der Waals surface area (Å²) in [4.78, 5) is 0. The van der Waals surface area contributed by atoms with E-state index in [1.165, 1.54) is 108 Å². The SMILES string of the molecule is c1ccc2cc(-n3c4ccc(-c5ccc6c(c5)c5ccccc5n6-c5cccc6c5sc5ccccc56)cc4c4ccc5ccccc5c43)ccc2c1. The molecule has 0 saturated heterocycles. The standard InChI is InChI=1S/C50H30N2S/c1-2-12-33-28-36(24-20-31(33)10-1)51-45-26-22-35(30-43(45)40-25-21-32-11-3-4-13-37(32)49(40)51)34-23-27-46-42(29-34)38-14-5-7-17-44(38)52(46)47-18-9-16-41-39-15-6-8-19-48(39)53-50(41)47/h1-30H. The third-order valence-corrected chi connectivity index (χ3v) is 12.5. The first-order valence-corrected chi connectivity index (χ1v) is 19.0. The molecule has 0 N–H and O–H groups in total. The van der Waals surface area contributed by atoms with Crippen LogP contribution >= 0.6 is 11.3 Å². The quantitative estimate of drug-likeness (QED) is 0.175. The summed E-state index contributed by atoms with van der Waals surface area (Å²) < 4.78 is 7.58. The number of hydrogen-bond acceptors (Lipinski definition) is 1. The number of thiophene rings is 1. The molecule has 0 aliphatic carbocycles. The van der Waals surface area contributed by atoms with E-state index in [0.717, 1.165) is 0 Å². The summed E-state index contributed by atoms with van der Waals surface area (Å²) in [6.07, 6.45) is 0. The highest BCUT2D eigenvalue weighted by atomic mass is 32.1. The van der Waals surface area contributed by atoms with Crippen molar-refractivity contribution >= 4 is 96.7 Å². The molecule has 3 heterocycles. The summed E-state index contributed by atoms with van der Waals surface area (Å²) in [6, 6.07) is 67.2. The molecule has 0 spiro atoms. The number of nitrogens with zero attached hydrogens (tertiary/aromatic N) is 2. The minimum Gasteiger partial charge on any atom is -0.309 e. The minimum atomic E-state index is 1.18. The number of benzene rings is 9. The second-order valence-electron chi connectivity index (χ2n) is 14.1. The molecule has 3 aromatic heterocycles. The monoisotopic (exact) mass is 690 g/mol. The molecule has 0 aliphatic heterocycles. The summed E-state index contributed by atoms with van der Waals surface area (Å²) in [5, 5.41) is 12.7. The van der Waals surface area contributed by atoms with Crippen molar-refractivity contribution < 1.29 is 0 Å². The van der Waals surface area contributed by atoms with Crippen molar-refractivity contribution in [2.75, 3.05) is 0 Å². The minimum absolute atomic E-state index is 1.18. The Kier molecular flexibility index (Phi) is 5.96. The van der Waals surface area contributed by atoms with Crippen molar-refractivity contribution in [2.45, 2.75) is 0 Å². The van der Waals surface area contributed by atoms with E-state index in [9.17, 15) is 0 Å². The van der Waals surface area contributed by atoms with E-state index in [1.807, 2.05) is 11.3 Å². The molecule has 9 aromatic carbocycles. The molecule has 0 fully saturated rings. The van der Waals surface area contributed by atoms with Crippen LogP contribution in [0.2, 0.25) is 0 Å². The van der Waals surface area contributed by atoms with Crippen LogP contribution in [0.3, 0.4) is 0 Å². The summed E-state index contributed by atoms with van der Waals surface area (Å²) in [5.74, 6) is 0. The lowest BCUT2D eigenvalue weighted by Gasteiger charge is -2.11. The lowest BCUT2D eigenvalue weighted by atomic mass is 10.00. The van der Waals surface area contributed by atoms with Gasteiger partial charge in [0.1, 0.15) is 0 Å². The molecule has 2 nitrogen and oxygen atoms in total. The van der Waals surface area contributed by atoms with Gasteiger partial charge in [0.25, 0.3) is 0 Å². The van der Waals surface area contributed by atoms with Gasteiger partial charge in [-0.3, -0.25) is 0 Å². The van der Waals surface area contributed by atoms with Crippen LogP contribution in [0.5, 0.6) is 0 Å². The maximum absolute atomic E-state index is 2.47. The maximum atomic E-state index is 2.47. The van der Waals surface area contributed by atoms with Crippen molar-refractivity contribution in [3.05, 3.63) is 182 Å². The van der Waals surface area contributed by atoms with Crippen molar-refractivity contribution in [1.82, 2.24) is 9.13 Å². The van der Waals surface area contributed by atoms with E-state index in [-0.39, 0.29) is 0 Å². The molecule has 0 radical (unpaired) electrons. The Labute approximate surface area is 309 Å². The highest BCUT2D eigenvalue weighted by Crippen LogP contribution is 2.43. The number of rotatable bonds is 3. The zero-order valence-corrected chi connectivity index (χ0v) is 29.4. The Morgan fingerprint density at radius 1 is 0.340 bits per heavy atom. The van der Waals surface area contributed by atoms with Crippen molar-refractivity contribution in [1.29, 1.82) is 0 Å². The Bertz CT molecular complexity index is 3470. The molecule has 3 heteroatoms. The van der Waals surface area contributed by atoms with E-state index in [2.05, 4.69) is 191 Å². The van der Waals surface area contributed by atoms with Crippen LogP contribution in [0.15, 0.2) is 182 Å². The van der Waals surface area contributed by atoms with E-state index in [0.29, 0.717) is 0 Å². The van der Waals surface area contributed by atoms with Gasteiger partial charge in [0.05, 0.1) is 32.5 Å². The van der Waals surface area contributed by atoms with Gasteiger partial charge >= 0.3 is 0 Å². The number of para-hydroxylation sites is 1. The third-order valence-electron chi connectivity index (χ3n) is 11.3. The average Bonchev–Trinajstić information content (AvgIpc) is 3.88. The zero-order chi connectivity index (χ0) is 34.6. The van der Waals surface area contributed by atoms with Crippen molar-refractivity contribution in [3.8, 4) is 22.5 Å². The fourth-order valence-corrected chi connectivity index (χ4v) is 10.1. The normalized spacial score (nSPS) is 12.2. The van der Waals surface area contributed by atoms with Gasteiger partial charge in [-0.15, -0.1) is 11.3 Å². The van der Waals surface area contributed by atoms with Gasteiger partial charge in [-0.05, 0) is 81.9 Å². The van der Waals surface area contributed by atoms with Gasteiger partial charge < -0.3 is 9.13 Å². The van der Waals surface area contributed by atoms with Crippen LogP contribution in [0, 0.1) is 0 Å². The van der Waals surface area contributed by atoms with Gasteiger partial charge in [-0.1, -0.05) is 127 Å². The third kappa shape index (κ3) is 4.14. The molecule has 12 aromatic rings. The van der Waals surface area contributed by atoms with Gasteiger partial charge in [0.15, 0.2) is 0 Å². The fourth-order valence-electron chi connectivity index (χ4n) is 8.86. The van der Waals surface area contributed by atoms with Crippen molar-refractivity contribution in [3.63, 3.8) is 0 Å². The lowest BCUT2D eigenvalue weighted by molar-refractivity contribution is 1.19. The van der Waals surface area contributed by atoms with Crippen LogP contribution in [-0.4, -0.2) is 9.13 Å². The average molecular weight is 691 g/mol. The summed E-state index contributed by atoms with van der Waals surface area (Å²) in [7, 11) is 0. The highest BCUT2D eigenvalue weighted by Gasteiger charge is 2.19. The van der Waals surface area contributed by atoms with E-state index in [4.69, 9.17) is 0 Å². The largest absolute Gasteiger partial charge is 0.309 e. The number of fused-ring (bicyclic) bond motifs is 12. The summed E-state index contributed by atoms with van der Waals surface area (Å²) in [5.41, 5.74) is 9.76. The Morgan fingerprint density at radius 3 is 1.81 bits per heavy atom. The molecule has 246 valence electrons. The summed E-state index contributed by atoms with van der Waals surface area (Å²) in [6.45, 7) is 0. The van der Waals surface area contributed by atoms with Crippen LogP contribution in [0.4, 0.5) is 0 Å². The lowest BCUT2D eigenvalue weighted by Crippen LogP contribution is -1.94. The van der Waals surface area contributed by atoms with Gasteiger partial charge in [0.2, 0.25) is 0 Å². The molecule has 0 atom stereocenters. The molecule has 0 saturated carbocycles. The van der Waals surface area contributed by atoms with Gasteiger partial charge in [0, 0.05) is 48.1 Å². The van der Waals surface area contributed by atoms with E-state index >= 15 is 0 Å². The predicted molar refractivity (Wildman–Crippen MR) is 228 cm³/mol. The number of aromatic nitrogens is 2. The number of hydrogen-bond donors (Lipinski definition) is 0. The molecule has 0 bridgehead atoms. The Balaban J connectivity index is 1.09. The van der Waals surface area contributed by atoms with Crippen LogP contribution in [0.1, 0.15) is 0 Å². The fraction of sp³-hybridized carbons (Fsp3) is 0. The van der Waals surface area contributed by atoms with Gasteiger partial charge in [-0.25, -0.2) is 0 Å². The smallest absolute Gasteiger partial charge is 0.0640 e. The van der Waals surface area contributed by atoms with Gasteiger partial charge in [-0.2, -0.15) is 0 Å². The van der Waals surface area contributed by atoms with Crippen LogP contribution < -0.4 is 0 Å². The molecule has 0 unspecified atom stereocenters. The first-order valence-electron chi connectivity index (χ1n) is 18.2.